The predicted octanol–water partition coefficient (Wildman–Crippen LogP) is 4.46. The lowest BCUT2D eigenvalue weighted by Gasteiger charge is -2.24. The molecule has 2 N–H and O–H groups in total. The molecule has 0 spiro atoms. The number of amides is 1. The zero-order chi connectivity index (χ0) is 21.8. The van der Waals surface area contributed by atoms with Crippen molar-refractivity contribution in [3.05, 3.63) is 81.4 Å². The highest BCUT2D eigenvalue weighted by Gasteiger charge is 2.31. The minimum Gasteiger partial charge on any atom is -0.494 e. The summed E-state index contributed by atoms with van der Waals surface area (Å²) in [6, 6.07) is 13.9. The minimum atomic E-state index is -0.397. The molecule has 6 nitrogen and oxygen atoms in total. The number of aromatic amines is 1. The normalized spacial score (nSPS) is 15.3. The van der Waals surface area contributed by atoms with Gasteiger partial charge in [-0.2, -0.15) is 0 Å². The fourth-order valence-electron chi connectivity index (χ4n) is 3.48. The van der Waals surface area contributed by atoms with E-state index in [1.165, 1.54) is 17.8 Å². The molecule has 2 heterocycles. The Balaban J connectivity index is 1.59. The van der Waals surface area contributed by atoms with Crippen LogP contribution in [0.5, 0.6) is 5.75 Å². The quantitative estimate of drug-likeness (QED) is 0.419. The van der Waals surface area contributed by atoms with E-state index in [2.05, 4.69) is 15.3 Å². The van der Waals surface area contributed by atoms with Gasteiger partial charge in [0.15, 0.2) is 5.16 Å². The van der Waals surface area contributed by atoms with Crippen molar-refractivity contribution in [2.75, 3.05) is 11.9 Å². The molecule has 0 fully saturated rings. The number of aromatic nitrogens is 2. The molecule has 1 aliphatic heterocycles. The maximum Gasteiger partial charge on any atom is 0.257 e. The van der Waals surface area contributed by atoms with Crippen LogP contribution in [0, 0.1) is 5.82 Å². The maximum atomic E-state index is 13.9. The van der Waals surface area contributed by atoms with Gasteiger partial charge in [-0.05, 0) is 35.7 Å². The number of fused-ring (bicyclic) bond motifs is 1. The largest absolute Gasteiger partial charge is 0.494 e. The van der Waals surface area contributed by atoms with Crippen molar-refractivity contribution in [1.82, 2.24) is 9.97 Å². The Morgan fingerprint density at radius 1 is 1.16 bits per heavy atom. The first-order chi connectivity index (χ1) is 15.0. The number of nitrogens with zero attached hydrogens (tertiary/aromatic N) is 1. The lowest BCUT2D eigenvalue weighted by molar-refractivity contribution is -0.116. The van der Waals surface area contributed by atoms with Crippen LogP contribution >= 0.6 is 11.8 Å². The Morgan fingerprint density at radius 3 is 2.68 bits per heavy atom. The van der Waals surface area contributed by atoms with Gasteiger partial charge in [-0.1, -0.05) is 49.0 Å². The van der Waals surface area contributed by atoms with Gasteiger partial charge >= 0.3 is 0 Å². The van der Waals surface area contributed by atoms with E-state index in [0.717, 1.165) is 17.7 Å². The summed E-state index contributed by atoms with van der Waals surface area (Å²) in [4.78, 5) is 32.4. The van der Waals surface area contributed by atoms with E-state index in [4.69, 9.17) is 4.74 Å². The van der Waals surface area contributed by atoms with Gasteiger partial charge in [0.25, 0.3) is 5.56 Å². The first-order valence-corrected chi connectivity index (χ1v) is 11.1. The molecule has 2 aromatic carbocycles. The van der Waals surface area contributed by atoms with Crippen LogP contribution in [-0.2, 0) is 10.5 Å². The minimum absolute atomic E-state index is 0.161. The molecule has 0 radical (unpaired) electrons. The molecule has 1 atom stereocenters. The zero-order valence-corrected chi connectivity index (χ0v) is 17.8. The topological polar surface area (TPSA) is 84.1 Å². The average Bonchev–Trinajstić information content (AvgIpc) is 2.76. The fourth-order valence-corrected chi connectivity index (χ4v) is 4.33. The van der Waals surface area contributed by atoms with Gasteiger partial charge in [0.1, 0.15) is 17.4 Å². The van der Waals surface area contributed by atoms with Crippen LogP contribution in [0.4, 0.5) is 10.2 Å². The zero-order valence-electron chi connectivity index (χ0n) is 17.0. The van der Waals surface area contributed by atoms with Crippen LogP contribution in [0.1, 0.15) is 42.4 Å². The molecule has 0 bridgehead atoms. The van der Waals surface area contributed by atoms with Crippen LogP contribution in [0.2, 0.25) is 0 Å². The summed E-state index contributed by atoms with van der Waals surface area (Å²) >= 11 is 1.21. The second kappa shape index (κ2) is 9.34. The van der Waals surface area contributed by atoms with Crippen molar-refractivity contribution >= 4 is 23.5 Å². The fraction of sp³-hybridized carbons (Fsp3) is 0.261. The number of thioether (sulfide) groups is 1. The van der Waals surface area contributed by atoms with Gasteiger partial charge in [0.2, 0.25) is 5.91 Å². The average molecular weight is 440 g/mol. The van der Waals surface area contributed by atoms with E-state index in [1.54, 1.807) is 18.2 Å². The highest BCUT2D eigenvalue weighted by molar-refractivity contribution is 7.98. The van der Waals surface area contributed by atoms with Crippen LogP contribution in [-0.4, -0.2) is 22.5 Å². The molecule has 1 aromatic heterocycles. The second-order valence-electron chi connectivity index (χ2n) is 7.24. The Hall–Kier alpha value is -3.13. The lowest BCUT2D eigenvalue weighted by Crippen LogP contribution is -2.31. The second-order valence-corrected chi connectivity index (χ2v) is 8.20. The summed E-state index contributed by atoms with van der Waals surface area (Å²) in [6.07, 6.45) is 1.07. The van der Waals surface area contributed by atoms with Crippen molar-refractivity contribution in [2.45, 2.75) is 36.6 Å². The molecule has 4 rings (SSSR count). The summed E-state index contributed by atoms with van der Waals surface area (Å²) < 4.78 is 19.5. The van der Waals surface area contributed by atoms with E-state index in [0.29, 0.717) is 28.6 Å². The Labute approximate surface area is 183 Å². The van der Waals surface area contributed by atoms with Gasteiger partial charge in [-0.15, -0.1) is 0 Å². The van der Waals surface area contributed by atoms with E-state index in [9.17, 15) is 14.0 Å². The number of anilines is 1. The molecular formula is C23H22FN3O3S. The van der Waals surface area contributed by atoms with Crippen molar-refractivity contribution in [1.29, 1.82) is 0 Å². The third kappa shape index (κ3) is 4.80. The highest BCUT2D eigenvalue weighted by Crippen LogP contribution is 2.35. The summed E-state index contributed by atoms with van der Waals surface area (Å²) in [7, 11) is 0. The molecule has 1 aliphatic rings. The molecule has 31 heavy (non-hydrogen) atoms. The van der Waals surface area contributed by atoms with Crippen molar-refractivity contribution < 1.29 is 13.9 Å². The summed E-state index contributed by atoms with van der Waals surface area (Å²) in [5, 5.41) is 3.04. The third-order valence-electron chi connectivity index (χ3n) is 5.01. The van der Waals surface area contributed by atoms with Gasteiger partial charge in [-0.3, -0.25) is 9.59 Å². The molecule has 3 aromatic rings. The first-order valence-electron chi connectivity index (χ1n) is 10.1. The molecule has 8 heteroatoms. The van der Waals surface area contributed by atoms with E-state index >= 15 is 0 Å². The number of nitrogens with one attached hydrogen (secondary N) is 2. The summed E-state index contributed by atoms with van der Waals surface area (Å²) in [5.74, 6) is 0.406. The first kappa shape index (κ1) is 21.1. The van der Waals surface area contributed by atoms with Crippen molar-refractivity contribution in [3.63, 3.8) is 0 Å². The van der Waals surface area contributed by atoms with Gasteiger partial charge in [0, 0.05) is 18.1 Å². The number of carbonyl (C=O) groups is 1. The van der Waals surface area contributed by atoms with Crippen molar-refractivity contribution in [2.24, 2.45) is 0 Å². The molecule has 0 unspecified atom stereocenters. The van der Waals surface area contributed by atoms with E-state index in [-0.39, 0.29) is 29.5 Å². The van der Waals surface area contributed by atoms with Crippen LogP contribution < -0.4 is 15.6 Å². The number of H-pyrrole nitrogens is 1. The number of benzene rings is 2. The molecule has 0 aliphatic carbocycles. The van der Waals surface area contributed by atoms with Crippen LogP contribution in [0.3, 0.4) is 0 Å². The summed E-state index contributed by atoms with van der Waals surface area (Å²) in [5.41, 5.74) is 1.48. The smallest absolute Gasteiger partial charge is 0.257 e. The molecule has 0 saturated heterocycles. The SMILES string of the molecule is CCCOc1ccc([C@H]2CC(=O)Nc3nc(SCc4ccccc4F)[nH]c(=O)c32)cc1. The number of rotatable bonds is 7. The molecular weight excluding hydrogens is 417 g/mol. The monoisotopic (exact) mass is 439 g/mol. The summed E-state index contributed by atoms with van der Waals surface area (Å²) in [6.45, 7) is 2.67. The number of carbonyl (C=O) groups excluding carboxylic acids is 1. The predicted molar refractivity (Wildman–Crippen MR) is 118 cm³/mol. The number of ether oxygens (including phenoxy) is 1. The Morgan fingerprint density at radius 2 is 1.94 bits per heavy atom. The van der Waals surface area contributed by atoms with E-state index < -0.39 is 5.92 Å². The third-order valence-corrected chi connectivity index (χ3v) is 5.93. The van der Waals surface area contributed by atoms with Crippen molar-refractivity contribution in [3.8, 4) is 5.75 Å². The van der Waals surface area contributed by atoms with Gasteiger partial charge < -0.3 is 15.0 Å². The maximum absolute atomic E-state index is 13.9. The highest BCUT2D eigenvalue weighted by atomic mass is 32.2. The number of hydrogen-bond donors (Lipinski definition) is 2. The number of hydrogen-bond acceptors (Lipinski definition) is 5. The lowest BCUT2D eigenvalue weighted by atomic mass is 9.87. The molecule has 1 amide bonds. The molecule has 0 saturated carbocycles. The Bertz CT molecular complexity index is 1150. The van der Waals surface area contributed by atoms with Crippen LogP contribution in [0.25, 0.3) is 0 Å². The molecule has 160 valence electrons. The van der Waals surface area contributed by atoms with E-state index in [1.807, 2.05) is 31.2 Å². The van der Waals surface area contributed by atoms with Gasteiger partial charge in [0.05, 0.1) is 12.2 Å². The van der Waals surface area contributed by atoms with Crippen LogP contribution in [0.15, 0.2) is 58.5 Å². The Kier molecular flexibility index (Phi) is 6.36. The van der Waals surface area contributed by atoms with Gasteiger partial charge in [-0.25, -0.2) is 9.37 Å². The number of halogens is 1. The standard InChI is InChI=1S/C23H22FN3O3S/c1-2-11-30-16-9-7-14(8-10-16)17-12-19(28)25-21-20(17)22(29)27-23(26-21)31-13-15-5-3-4-6-18(15)24/h3-10,17H,2,11-13H2,1H3,(H2,25,26,27,28,29)/t17-/m1/s1.